The van der Waals surface area contributed by atoms with Crippen LogP contribution in [0.3, 0.4) is 0 Å². The minimum Gasteiger partial charge on any atom is -0.496 e. The number of nitrogen functional groups attached to an aromatic ring is 1. The molecule has 0 saturated carbocycles. The number of benzene rings is 2. The van der Waals surface area contributed by atoms with Crippen LogP contribution in [-0.4, -0.2) is 22.1 Å². The molecule has 0 amide bonds. The molecule has 0 fully saturated rings. The average molecular weight is 496 g/mol. The van der Waals surface area contributed by atoms with E-state index in [9.17, 15) is 13.2 Å². The highest BCUT2D eigenvalue weighted by molar-refractivity contribution is 5.72. The molecule has 3 N–H and O–H groups in total. The van der Waals surface area contributed by atoms with Gasteiger partial charge in [-0.25, -0.2) is 4.98 Å². The maximum atomic E-state index is 12.9. The Kier molecular flexibility index (Phi) is 6.96. The minimum absolute atomic E-state index is 0.0313. The smallest absolute Gasteiger partial charge is 0.433 e. The van der Waals surface area contributed by atoms with E-state index in [0.717, 1.165) is 23.4 Å². The summed E-state index contributed by atoms with van der Waals surface area (Å²) in [4.78, 5) is 12.0. The lowest BCUT2D eigenvalue weighted by molar-refractivity contribution is -0.141. The Hall–Kier alpha value is -4.34. The molecule has 36 heavy (non-hydrogen) atoms. The number of methoxy groups -OCH3 is 1. The Balaban J connectivity index is 1.54. The third-order valence-electron chi connectivity index (χ3n) is 5.29. The Morgan fingerprint density at radius 2 is 1.67 bits per heavy atom. The van der Waals surface area contributed by atoms with Gasteiger partial charge in [0.15, 0.2) is 0 Å². The highest BCUT2D eigenvalue weighted by Crippen LogP contribution is 2.34. The first-order valence-corrected chi connectivity index (χ1v) is 11.0. The number of anilines is 3. The fraction of sp³-hybridized carbons (Fsp3) is 0.192. The van der Waals surface area contributed by atoms with Crippen molar-refractivity contribution in [2.75, 3.05) is 18.2 Å². The highest BCUT2D eigenvalue weighted by Gasteiger charge is 2.32. The van der Waals surface area contributed by atoms with Crippen molar-refractivity contribution in [1.29, 1.82) is 0 Å². The Morgan fingerprint density at radius 1 is 0.917 bits per heavy atom. The number of nitrogens with one attached hydrogen (secondary N) is 1. The minimum atomic E-state index is -4.55. The standard InChI is InChI=1S/C26H24F3N5O2/c1-15(2)16-4-9-22(35-3)20(12-16)21-14-24(34-25(30)33-21)32-17-5-7-18(8-6-17)36-19-10-11-31-23(13-19)26(27,28)29/h4-15H,1-3H3,(H3,30,32,33,34). The maximum Gasteiger partial charge on any atom is 0.433 e. The van der Waals surface area contributed by atoms with Crippen molar-refractivity contribution in [2.45, 2.75) is 25.9 Å². The largest absolute Gasteiger partial charge is 0.496 e. The summed E-state index contributed by atoms with van der Waals surface area (Å²) < 4.78 is 49.7. The number of hydrogen-bond acceptors (Lipinski definition) is 7. The summed E-state index contributed by atoms with van der Waals surface area (Å²) >= 11 is 0. The van der Waals surface area contributed by atoms with Gasteiger partial charge in [-0.15, -0.1) is 0 Å². The molecule has 0 radical (unpaired) electrons. The Morgan fingerprint density at radius 3 is 2.33 bits per heavy atom. The first-order chi connectivity index (χ1) is 17.1. The lowest BCUT2D eigenvalue weighted by atomic mass is 9.98. The van der Waals surface area contributed by atoms with E-state index in [1.54, 1.807) is 37.4 Å². The third-order valence-corrected chi connectivity index (χ3v) is 5.29. The van der Waals surface area contributed by atoms with Crippen molar-refractivity contribution in [3.05, 3.63) is 78.1 Å². The molecule has 2 heterocycles. The summed E-state index contributed by atoms with van der Waals surface area (Å²) in [6.45, 7) is 4.20. The van der Waals surface area contributed by atoms with Crippen LogP contribution in [-0.2, 0) is 6.18 Å². The molecule has 4 rings (SSSR count). The molecular weight excluding hydrogens is 471 g/mol. The van der Waals surface area contributed by atoms with Crippen molar-refractivity contribution in [1.82, 2.24) is 15.0 Å². The van der Waals surface area contributed by atoms with Gasteiger partial charge in [-0.05, 0) is 53.9 Å². The predicted octanol–water partition coefficient (Wildman–Crippen LogP) is 6.81. The SMILES string of the molecule is COc1ccc(C(C)C)cc1-c1cc(Nc2ccc(Oc3ccnc(C(F)(F)F)c3)cc2)nc(N)n1. The Labute approximate surface area is 206 Å². The molecular formula is C26H24F3N5O2. The van der Waals surface area contributed by atoms with Gasteiger partial charge in [-0.1, -0.05) is 19.9 Å². The summed E-state index contributed by atoms with van der Waals surface area (Å²) in [6, 6.07) is 16.6. The topological polar surface area (TPSA) is 95.2 Å². The second kappa shape index (κ2) is 10.1. The summed E-state index contributed by atoms with van der Waals surface area (Å²) in [5, 5.41) is 3.16. The zero-order chi connectivity index (χ0) is 25.9. The molecule has 7 nitrogen and oxygen atoms in total. The predicted molar refractivity (Wildman–Crippen MR) is 132 cm³/mol. The molecule has 0 saturated heterocycles. The second-order valence-corrected chi connectivity index (χ2v) is 8.24. The molecule has 0 spiro atoms. The van der Waals surface area contributed by atoms with E-state index in [0.29, 0.717) is 34.6 Å². The van der Waals surface area contributed by atoms with Gasteiger partial charge < -0.3 is 20.5 Å². The van der Waals surface area contributed by atoms with Gasteiger partial charge in [0, 0.05) is 29.6 Å². The molecule has 10 heteroatoms. The van der Waals surface area contributed by atoms with E-state index in [1.807, 2.05) is 18.2 Å². The fourth-order valence-electron chi connectivity index (χ4n) is 3.47. The van der Waals surface area contributed by atoms with Gasteiger partial charge in [0.1, 0.15) is 28.8 Å². The molecule has 4 aromatic rings. The van der Waals surface area contributed by atoms with Crippen LogP contribution in [0.5, 0.6) is 17.2 Å². The van der Waals surface area contributed by atoms with Gasteiger partial charge in [0.2, 0.25) is 5.95 Å². The van der Waals surface area contributed by atoms with Crippen molar-refractivity contribution in [3.63, 3.8) is 0 Å². The highest BCUT2D eigenvalue weighted by atomic mass is 19.4. The van der Waals surface area contributed by atoms with Crippen LogP contribution in [0.15, 0.2) is 66.9 Å². The van der Waals surface area contributed by atoms with Crippen molar-refractivity contribution < 1.29 is 22.6 Å². The van der Waals surface area contributed by atoms with E-state index in [1.165, 1.54) is 6.07 Å². The van der Waals surface area contributed by atoms with E-state index in [-0.39, 0.29) is 11.7 Å². The van der Waals surface area contributed by atoms with Crippen molar-refractivity contribution in [3.8, 4) is 28.5 Å². The number of rotatable bonds is 7. The monoisotopic (exact) mass is 495 g/mol. The summed E-state index contributed by atoms with van der Waals surface area (Å²) in [5.74, 6) is 1.92. The average Bonchev–Trinajstić information content (AvgIpc) is 2.84. The quantitative estimate of drug-likeness (QED) is 0.291. The molecule has 186 valence electrons. The zero-order valence-electron chi connectivity index (χ0n) is 19.8. The molecule has 2 aromatic heterocycles. The summed E-state index contributed by atoms with van der Waals surface area (Å²) in [7, 11) is 1.59. The van der Waals surface area contributed by atoms with Crippen LogP contribution < -0.4 is 20.5 Å². The molecule has 0 aliphatic heterocycles. The number of alkyl halides is 3. The lowest BCUT2D eigenvalue weighted by Gasteiger charge is -2.14. The number of nitrogens with two attached hydrogens (primary N) is 1. The first kappa shape index (κ1) is 24.8. The number of nitrogens with zero attached hydrogens (tertiary/aromatic N) is 3. The maximum absolute atomic E-state index is 12.9. The molecule has 0 bridgehead atoms. The molecule has 0 aliphatic rings. The number of hydrogen-bond donors (Lipinski definition) is 2. The van der Waals surface area contributed by atoms with Crippen LogP contribution in [0.25, 0.3) is 11.3 Å². The van der Waals surface area contributed by atoms with Gasteiger partial charge in [-0.3, -0.25) is 4.98 Å². The summed E-state index contributed by atoms with van der Waals surface area (Å²) in [6.07, 6.45) is -3.50. The molecule has 0 unspecified atom stereocenters. The summed E-state index contributed by atoms with van der Waals surface area (Å²) in [5.41, 5.74) is 8.15. The Bertz CT molecular complexity index is 1360. The van der Waals surface area contributed by atoms with Gasteiger partial charge >= 0.3 is 6.18 Å². The molecule has 2 aromatic carbocycles. The van der Waals surface area contributed by atoms with Crippen LogP contribution in [0.2, 0.25) is 0 Å². The number of ether oxygens (including phenoxy) is 2. The van der Waals surface area contributed by atoms with E-state index in [4.69, 9.17) is 15.2 Å². The first-order valence-electron chi connectivity index (χ1n) is 11.0. The van der Waals surface area contributed by atoms with Crippen molar-refractivity contribution >= 4 is 17.5 Å². The normalized spacial score (nSPS) is 11.4. The van der Waals surface area contributed by atoms with Crippen LogP contribution in [0.4, 0.5) is 30.6 Å². The number of halogens is 3. The molecule has 0 aliphatic carbocycles. The third kappa shape index (κ3) is 5.83. The number of aromatic nitrogens is 3. The van der Waals surface area contributed by atoms with E-state index in [2.05, 4.69) is 34.1 Å². The van der Waals surface area contributed by atoms with E-state index >= 15 is 0 Å². The van der Waals surface area contributed by atoms with Gasteiger partial charge in [0.25, 0.3) is 0 Å². The second-order valence-electron chi connectivity index (χ2n) is 8.24. The number of pyridine rings is 1. The van der Waals surface area contributed by atoms with Gasteiger partial charge in [-0.2, -0.15) is 18.2 Å². The zero-order valence-corrected chi connectivity index (χ0v) is 19.8. The van der Waals surface area contributed by atoms with E-state index < -0.39 is 11.9 Å². The fourth-order valence-corrected chi connectivity index (χ4v) is 3.47. The van der Waals surface area contributed by atoms with Crippen LogP contribution >= 0.6 is 0 Å². The van der Waals surface area contributed by atoms with Crippen LogP contribution in [0.1, 0.15) is 31.0 Å². The van der Waals surface area contributed by atoms with Crippen LogP contribution in [0, 0.1) is 0 Å². The molecule has 0 atom stereocenters. The van der Waals surface area contributed by atoms with Gasteiger partial charge in [0.05, 0.1) is 12.8 Å². The van der Waals surface area contributed by atoms with Crippen molar-refractivity contribution in [2.24, 2.45) is 0 Å². The lowest BCUT2D eigenvalue weighted by Crippen LogP contribution is -2.07.